The molecule has 2 saturated carbocycles. The number of alkyl halides is 1. The van der Waals surface area contributed by atoms with E-state index in [2.05, 4.69) is 15.1 Å². The SMILES string of the molecule is C[C@H]1C[C@@H](c2ccncc2Cc2ncc3ccc(-c4c(F)cc(C5(F)CCCC5)cc4F)nn23)C[C@@H](N)[C@@H]1O. The van der Waals surface area contributed by atoms with Crippen LogP contribution in [0.4, 0.5) is 13.2 Å². The smallest absolute Gasteiger partial charge is 0.136 e. The number of nitrogens with two attached hydrogens (primary N) is 1. The maximum absolute atomic E-state index is 15.2. The Kier molecular flexibility index (Phi) is 6.67. The van der Waals surface area contributed by atoms with Crippen molar-refractivity contribution in [1.29, 1.82) is 0 Å². The zero-order valence-electron chi connectivity index (χ0n) is 21.8. The lowest BCUT2D eigenvalue weighted by Gasteiger charge is -2.36. The molecule has 3 aromatic heterocycles. The summed E-state index contributed by atoms with van der Waals surface area (Å²) >= 11 is 0. The second-order valence-corrected chi connectivity index (χ2v) is 11.3. The Morgan fingerprint density at radius 3 is 2.54 bits per heavy atom. The molecule has 0 amide bonds. The van der Waals surface area contributed by atoms with Gasteiger partial charge in [0.15, 0.2) is 0 Å². The van der Waals surface area contributed by atoms with Crippen LogP contribution < -0.4 is 5.73 Å². The highest BCUT2D eigenvalue weighted by molar-refractivity contribution is 5.63. The van der Waals surface area contributed by atoms with Gasteiger partial charge in [-0.2, -0.15) is 5.10 Å². The van der Waals surface area contributed by atoms with Crippen molar-refractivity contribution < 1.29 is 18.3 Å². The zero-order valence-corrected chi connectivity index (χ0v) is 21.8. The number of hydrogen-bond donors (Lipinski definition) is 2. The molecule has 6 nitrogen and oxygen atoms in total. The van der Waals surface area contributed by atoms with Crippen molar-refractivity contribution in [1.82, 2.24) is 19.6 Å². The fraction of sp³-hybridized carbons (Fsp3) is 0.433. The van der Waals surface area contributed by atoms with Crippen molar-refractivity contribution in [3.63, 3.8) is 0 Å². The van der Waals surface area contributed by atoms with Gasteiger partial charge in [0.2, 0.25) is 0 Å². The lowest BCUT2D eigenvalue weighted by atomic mass is 9.74. The van der Waals surface area contributed by atoms with E-state index in [-0.39, 0.29) is 47.5 Å². The van der Waals surface area contributed by atoms with Crippen LogP contribution in [0.1, 0.15) is 73.9 Å². The molecule has 3 N–H and O–H groups in total. The first-order valence-corrected chi connectivity index (χ1v) is 13.6. The van der Waals surface area contributed by atoms with Gasteiger partial charge in [0.05, 0.1) is 29.1 Å². The highest BCUT2D eigenvalue weighted by atomic mass is 19.1. The van der Waals surface area contributed by atoms with Crippen molar-refractivity contribution in [2.45, 2.75) is 75.6 Å². The van der Waals surface area contributed by atoms with E-state index in [0.717, 1.165) is 29.7 Å². The van der Waals surface area contributed by atoms with E-state index in [1.165, 1.54) is 0 Å². The molecule has 2 aliphatic rings. The van der Waals surface area contributed by atoms with Gasteiger partial charge in [-0.05, 0) is 97.4 Å². The summed E-state index contributed by atoms with van der Waals surface area (Å²) in [7, 11) is 0. The summed E-state index contributed by atoms with van der Waals surface area (Å²) in [5.41, 5.74) is 7.17. The van der Waals surface area contributed by atoms with Gasteiger partial charge in [-0.1, -0.05) is 6.92 Å². The quantitative estimate of drug-likeness (QED) is 0.347. The third kappa shape index (κ3) is 4.72. The predicted molar refractivity (Wildman–Crippen MR) is 142 cm³/mol. The van der Waals surface area contributed by atoms with E-state index in [1.54, 1.807) is 35.2 Å². The minimum atomic E-state index is -1.69. The van der Waals surface area contributed by atoms with E-state index in [4.69, 9.17) is 5.73 Å². The van der Waals surface area contributed by atoms with Gasteiger partial charge in [-0.25, -0.2) is 22.7 Å². The van der Waals surface area contributed by atoms with E-state index in [1.807, 2.05) is 13.0 Å². The number of aliphatic hydroxyl groups excluding tert-OH is 1. The summed E-state index contributed by atoms with van der Waals surface area (Å²) in [6.45, 7) is 2.01. The maximum Gasteiger partial charge on any atom is 0.136 e. The number of fused-ring (bicyclic) bond motifs is 1. The molecule has 4 atom stereocenters. The number of hydrogen-bond acceptors (Lipinski definition) is 5. The Bertz CT molecular complexity index is 1480. The fourth-order valence-corrected chi connectivity index (χ4v) is 6.47. The number of halogens is 3. The van der Waals surface area contributed by atoms with E-state index in [0.29, 0.717) is 37.0 Å². The average Bonchev–Trinajstić information content (AvgIpc) is 3.54. The molecule has 0 aliphatic heterocycles. The number of imidazole rings is 1. The largest absolute Gasteiger partial charge is 0.391 e. The number of benzene rings is 1. The van der Waals surface area contributed by atoms with Crippen molar-refractivity contribution in [3.05, 3.63) is 83.1 Å². The third-order valence-corrected chi connectivity index (χ3v) is 8.63. The van der Waals surface area contributed by atoms with Gasteiger partial charge in [0, 0.05) is 24.9 Å². The number of rotatable bonds is 5. The molecule has 4 aromatic rings. The van der Waals surface area contributed by atoms with Gasteiger partial charge in [0.1, 0.15) is 23.1 Å². The van der Waals surface area contributed by atoms with Gasteiger partial charge in [-0.3, -0.25) is 4.98 Å². The monoisotopic (exact) mass is 535 g/mol. The molecule has 2 aliphatic carbocycles. The van der Waals surface area contributed by atoms with Gasteiger partial charge < -0.3 is 10.8 Å². The molecule has 1 aromatic carbocycles. The highest BCUT2D eigenvalue weighted by Crippen LogP contribution is 2.44. The molecule has 39 heavy (non-hydrogen) atoms. The fourth-order valence-electron chi connectivity index (χ4n) is 6.47. The summed E-state index contributed by atoms with van der Waals surface area (Å²) < 4.78 is 47.3. The first-order chi connectivity index (χ1) is 18.7. The first kappa shape index (κ1) is 26.0. The molecule has 0 radical (unpaired) electrons. The van der Waals surface area contributed by atoms with Crippen LogP contribution in [0.5, 0.6) is 0 Å². The number of nitrogens with zero attached hydrogens (tertiary/aromatic N) is 4. The van der Waals surface area contributed by atoms with E-state index in [9.17, 15) is 5.11 Å². The van der Waals surface area contributed by atoms with Crippen LogP contribution in [-0.2, 0) is 12.1 Å². The van der Waals surface area contributed by atoms with Crippen molar-refractivity contribution in [2.24, 2.45) is 11.7 Å². The average molecular weight is 536 g/mol. The minimum absolute atomic E-state index is 0.0523. The normalized spacial score (nSPS) is 24.9. The Balaban J connectivity index is 1.33. The summed E-state index contributed by atoms with van der Waals surface area (Å²) in [6, 6.07) is 7.17. The van der Waals surface area contributed by atoms with E-state index >= 15 is 13.2 Å². The van der Waals surface area contributed by atoms with Crippen molar-refractivity contribution in [2.75, 3.05) is 0 Å². The van der Waals surface area contributed by atoms with Gasteiger partial charge >= 0.3 is 0 Å². The molecule has 0 bridgehead atoms. The molecule has 0 saturated heterocycles. The molecule has 0 spiro atoms. The molecule has 204 valence electrons. The Morgan fingerprint density at radius 1 is 1.08 bits per heavy atom. The van der Waals surface area contributed by atoms with Crippen LogP contribution in [0, 0.1) is 17.6 Å². The Morgan fingerprint density at radius 2 is 1.82 bits per heavy atom. The van der Waals surface area contributed by atoms with Crippen LogP contribution in [-0.4, -0.2) is 36.8 Å². The van der Waals surface area contributed by atoms with Gasteiger partial charge in [0.25, 0.3) is 0 Å². The molecule has 3 heterocycles. The molecule has 9 heteroatoms. The van der Waals surface area contributed by atoms with Crippen LogP contribution in [0.15, 0.2) is 48.9 Å². The van der Waals surface area contributed by atoms with Crippen molar-refractivity contribution >= 4 is 5.52 Å². The first-order valence-electron chi connectivity index (χ1n) is 13.6. The van der Waals surface area contributed by atoms with Crippen LogP contribution >= 0.6 is 0 Å². The lowest BCUT2D eigenvalue weighted by molar-refractivity contribution is 0.0519. The van der Waals surface area contributed by atoms with Crippen LogP contribution in [0.2, 0.25) is 0 Å². The lowest BCUT2D eigenvalue weighted by Crippen LogP contribution is -2.44. The maximum atomic E-state index is 15.2. The second-order valence-electron chi connectivity index (χ2n) is 11.3. The minimum Gasteiger partial charge on any atom is -0.391 e. The third-order valence-electron chi connectivity index (χ3n) is 8.63. The molecular weight excluding hydrogens is 503 g/mol. The zero-order chi connectivity index (χ0) is 27.3. The summed E-state index contributed by atoms with van der Waals surface area (Å²) in [6.07, 6.45) is 8.55. The standard InChI is InChI=1S/C30H32F3N5O/c1-17-10-18(11-25(34)29(17)39)22-6-9-35-15-19(22)12-27-36-16-21-4-5-26(37-38(21)27)28-23(31)13-20(14-24(28)32)30(33)7-2-3-8-30/h4-6,9,13-18,25,29,39H,2-3,7-8,10-12,34H2,1H3/t17-,18+,25+,29+/m0/s1. The van der Waals surface area contributed by atoms with Crippen molar-refractivity contribution in [3.8, 4) is 11.3 Å². The van der Waals surface area contributed by atoms with Gasteiger partial charge in [-0.15, -0.1) is 0 Å². The van der Waals surface area contributed by atoms with Crippen LogP contribution in [0.3, 0.4) is 0 Å². The Hall–Kier alpha value is -3.30. The Labute approximate surface area is 225 Å². The highest BCUT2D eigenvalue weighted by Gasteiger charge is 2.37. The predicted octanol–water partition coefficient (Wildman–Crippen LogP) is 5.60. The summed E-state index contributed by atoms with van der Waals surface area (Å²) in [5.74, 6) is -0.816. The number of aliphatic hydroxyl groups is 1. The number of pyridine rings is 1. The number of aromatic nitrogens is 4. The summed E-state index contributed by atoms with van der Waals surface area (Å²) in [5, 5.41) is 14.9. The van der Waals surface area contributed by atoms with Crippen LogP contribution in [0.25, 0.3) is 16.8 Å². The van der Waals surface area contributed by atoms with E-state index < -0.39 is 23.4 Å². The topological polar surface area (TPSA) is 89.3 Å². The molecule has 2 fully saturated rings. The summed E-state index contributed by atoms with van der Waals surface area (Å²) in [4.78, 5) is 8.87. The molecule has 0 unspecified atom stereocenters. The molecule has 6 rings (SSSR count). The second kappa shape index (κ2) is 10.0. The molecular formula is C30H32F3N5O.